The first-order valence-corrected chi connectivity index (χ1v) is 18.0. The molecule has 10 aromatic rings. The minimum absolute atomic E-state index is 0.672. The summed E-state index contributed by atoms with van der Waals surface area (Å²) in [5, 5.41) is 4.99. The Kier molecular flexibility index (Phi) is 7.26. The summed E-state index contributed by atoms with van der Waals surface area (Å²) in [7, 11) is 0. The molecule has 53 heavy (non-hydrogen) atoms. The Balaban J connectivity index is 1.11. The number of para-hydroxylation sites is 5. The van der Waals surface area contributed by atoms with Crippen LogP contribution in [0.15, 0.2) is 200 Å². The fraction of sp³-hybridized carbons (Fsp3) is 0. The van der Waals surface area contributed by atoms with E-state index in [1.165, 1.54) is 43.6 Å². The highest BCUT2D eigenvalue weighted by Gasteiger charge is 2.20. The second-order valence-corrected chi connectivity index (χ2v) is 13.4. The van der Waals surface area contributed by atoms with E-state index in [0.717, 1.165) is 39.4 Å². The Morgan fingerprint density at radius 3 is 1.42 bits per heavy atom. The molecule has 2 aromatic heterocycles. The lowest BCUT2D eigenvalue weighted by Gasteiger charge is -2.12. The Labute approximate surface area is 307 Å². The summed E-state index contributed by atoms with van der Waals surface area (Å²) >= 11 is 0. The molecule has 8 aromatic carbocycles. The van der Waals surface area contributed by atoms with Gasteiger partial charge in [-0.2, -0.15) is 4.58 Å². The highest BCUT2D eigenvalue weighted by Crippen LogP contribution is 2.39. The fourth-order valence-electron chi connectivity index (χ4n) is 7.94. The first-order chi connectivity index (χ1) is 26.2. The van der Waals surface area contributed by atoms with Crippen LogP contribution in [0, 0.1) is 0 Å². The van der Waals surface area contributed by atoms with Crippen molar-refractivity contribution in [1.29, 1.82) is 0 Å². The molecule has 2 N–H and O–H groups in total. The molecular formula is C49H35N4+. The summed E-state index contributed by atoms with van der Waals surface area (Å²) in [5.41, 5.74) is 19.2. The van der Waals surface area contributed by atoms with Crippen LogP contribution in [-0.4, -0.2) is 15.0 Å². The van der Waals surface area contributed by atoms with Crippen molar-refractivity contribution in [3.63, 3.8) is 0 Å². The van der Waals surface area contributed by atoms with Gasteiger partial charge in [0.25, 0.3) is 5.84 Å². The summed E-state index contributed by atoms with van der Waals surface area (Å²) in [6.45, 7) is 0. The lowest BCUT2D eigenvalue weighted by Crippen LogP contribution is -2.26. The maximum atomic E-state index is 6.99. The summed E-state index contributed by atoms with van der Waals surface area (Å²) in [5.74, 6) is 0.672. The van der Waals surface area contributed by atoms with Gasteiger partial charge in [0.15, 0.2) is 0 Å². The minimum atomic E-state index is 0.672. The second kappa shape index (κ2) is 12.6. The average Bonchev–Trinajstić information content (AvgIpc) is 3.73. The maximum absolute atomic E-state index is 6.99. The second-order valence-electron chi connectivity index (χ2n) is 13.4. The van der Waals surface area contributed by atoms with Gasteiger partial charge in [-0.1, -0.05) is 115 Å². The van der Waals surface area contributed by atoms with Crippen molar-refractivity contribution >= 4 is 60.8 Å². The molecule has 0 atom stereocenters. The number of amidine groups is 1. The molecule has 0 radical (unpaired) electrons. The van der Waals surface area contributed by atoms with E-state index in [-0.39, 0.29) is 0 Å². The molecule has 0 amide bonds. The summed E-state index contributed by atoms with van der Waals surface area (Å²) in [4.78, 5) is 0. The Morgan fingerprint density at radius 2 is 0.849 bits per heavy atom. The smallest absolute Gasteiger partial charge is 0.285 e. The van der Waals surface area contributed by atoms with Crippen LogP contribution in [-0.2, 0) is 0 Å². The summed E-state index contributed by atoms with van der Waals surface area (Å²) < 4.78 is 6.90. The minimum Gasteiger partial charge on any atom is -0.309 e. The molecule has 0 aliphatic carbocycles. The van der Waals surface area contributed by atoms with Gasteiger partial charge in [-0.05, 0) is 96.1 Å². The number of hydrogen-bond donors (Lipinski definition) is 1. The zero-order chi connectivity index (χ0) is 35.3. The van der Waals surface area contributed by atoms with E-state index in [1.807, 2.05) is 36.4 Å². The first-order valence-electron chi connectivity index (χ1n) is 18.0. The van der Waals surface area contributed by atoms with Crippen LogP contribution in [0.2, 0.25) is 0 Å². The summed E-state index contributed by atoms with van der Waals surface area (Å²) in [6, 6.07) is 70.9. The van der Waals surface area contributed by atoms with Crippen molar-refractivity contribution in [2.45, 2.75) is 0 Å². The van der Waals surface area contributed by atoms with Crippen molar-refractivity contribution < 1.29 is 0 Å². The quantitative estimate of drug-likeness (QED) is 0.106. The lowest BCUT2D eigenvalue weighted by molar-refractivity contribution is 1.07. The van der Waals surface area contributed by atoms with E-state index in [0.29, 0.717) is 5.84 Å². The van der Waals surface area contributed by atoms with E-state index in [9.17, 15) is 0 Å². The van der Waals surface area contributed by atoms with Crippen LogP contribution < -0.4 is 10.3 Å². The molecule has 4 heteroatoms. The fourth-order valence-corrected chi connectivity index (χ4v) is 7.94. The lowest BCUT2D eigenvalue weighted by atomic mass is 10.0. The molecule has 0 saturated carbocycles. The Bertz CT molecular complexity index is 2930. The van der Waals surface area contributed by atoms with Gasteiger partial charge in [-0.3, -0.25) is 5.73 Å². The molecule has 2 heterocycles. The van der Waals surface area contributed by atoms with Crippen molar-refractivity contribution in [3.8, 4) is 22.5 Å². The van der Waals surface area contributed by atoms with Crippen LogP contribution in [0.25, 0.3) is 66.1 Å². The van der Waals surface area contributed by atoms with Crippen LogP contribution in [0.1, 0.15) is 5.56 Å². The van der Waals surface area contributed by atoms with Gasteiger partial charge >= 0.3 is 0 Å². The third-order valence-electron chi connectivity index (χ3n) is 10.4. The van der Waals surface area contributed by atoms with Crippen LogP contribution in [0.3, 0.4) is 0 Å². The predicted molar refractivity (Wildman–Crippen MR) is 223 cm³/mol. The van der Waals surface area contributed by atoms with E-state index >= 15 is 0 Å². The molecule has 0 aliphatic rings. The summed E-state index contributed by atoms with van der Waals surface area (Å²) in [6.07, 6.45) is 0. The van der Waals surface area contributed by atoms with Crippen molar-refractivity contribution in [1.82, 2.24) is 13.7 Å². The number of hydrogen-bond acceptors (Lipinski definition) is 0. The molecule has 0 aliphatic heterocycles. The van der Waals surface area contributed by atoms with Gasteiger partial charge in [0.05, 0.1) is 27.6 Å². The molecule has 0 spiro atoms. The molecule has 0 fully saturated rings. The monoisotopic (exact) mass is 679 g/mol. The van der Waals surface area contributed by atoms with E-state index < -0.39 is 0 Å². The first kappa shape index (κ1) is 30.6. The molecule has 4 nitrogen and oxygen atoms in total. The van der Waals surface area contributed by atoms with Crippen molar-refractivity contribution in [3.05, 3.63) is 206 Å². The molecular weight excluding hydrogens is 645 g/mol. The number of aromatic nitrogens is 2. The van der Waals surface area contributed by atoms with Gasteiger partial charge in [0.2, 0.25) is 0 Å². The Morgan fingerprint density at radius 1 is 0.358 bits per heavy atom. The van der Waals surface area contributed by atoms with Gasteiger partial charge in [0.1, 0.15) is 11.4 Å². The van der Waals surface area contributed by atoms with Gasteiger partial charge in [0, 0.05) is 32.9 Å². The molecule has 10 rings (SSSR count). The normalized spacial score (nSPS) is 11.5. The molecule has 0 unspecified atom stereocenters. The van der Waals surface area contributed by atoms with Crippen molar-refractivity contribution in [2.24, 2.45) is 5.73 Å². The van der Waals surface area contributed by atoms with E-state index in [1.54, 1.807) is 0 Å². The van der Waals surface area contributed by atoms with Crippen LogP contribution in [0.5, 0.6) is 0 Å². The number of nitrogens with two attached hydrogens (primary N) is 1. The standard InChI is InChI=1S/C49H34N4/c50-49(51(37-17-4-1-5-18-37)38-19-6-2-7-20-38)36-16-14-15-35(31-36)34-27-29-40(30-28-34)53-46-26-13-11-24-42(46)44-32-43-41-23-10-12-25-45(41)52(47(43)33-48(44)53)39-21-8-3-9-22-39/h1-33,50H/p+1. The zero-order valence-electron chi connectivity index (χ0n) is 29.0. The van der Waals surface area contributed by atoms with Crippen LogP contribution in [0.4, 0.5) is 11.4 Å². The largest absolute Gasteiger partial charge is 0.309 e. The number of benzene rings is 8. The highest BCUT2D eigenvalue weighted by molar-refractivity contribution is 6.19. The molecule has 0 saturated heterocycles. The third kappa shape index (κ3) is 5.11. The average molecular weight is 680 g/mol. The number of rotatable bonds is 6. The number of nitrogens with zero attached hydrogens (tertiary/aromatic N) is 3. The van der Waals surface area contributed by atoms with Crippen molar-refractivity contribution in [2.75, 3.05) is 0 Å². The van der Waals surface area contributed by atoms with Gasteiger partial charge < -0.3 is 9.13 Å². The number of fused-ring (bicyclic) bond motifs is 6. The Hall–Kier alpha value is -7.17. The topological polar surface area (TPSA) is 38.9 Å². The molecule has 250 valence electrons. The van der Waals surface area contributed by atoms with E-state index in [2.05, 4.69) is 178 Å². The van der Waals surface area contributed by atoms with E-state index in [4.69, 9.17) is 5.73 Å². The third-order valence-corrected chi connectivity index (χ3v) is 10.4. The maximum Gasteiger partial charge on any atom is 0.285 e. The molecule has 0 bridgehead atoms. The van der Waals surface area contributed by atoms with Crippen LogP contribution >= 0.6 is 0 Å². The van der Waals surface area contributed by atoms with Gasteiger partial charge in [-0.15, -0.1) is 0 Å². The zero-order valence-corrected chi connectivity index (χ0v) is 29.0. The predicted octanol–water partition coefficient (Wildman–Crippen LogP) is 11.8. The SMILES string of the molecule is NC(c1cccc(-c2ccc(-n3c4ccccc4c4cc5c6ccccc6n(-c6ccccc6)c5cc43)cc2)c1)=[N+](c1ccccc1)c1ccccc1. The highest BCUT2D eigenvalue weighted by atomic mass is 15.1. The van der Waals surface area contributed by atoms with Gasteiger partial charge in [-0.25, -0.2) is 0 Å².